The van der Waals surface area contributed by atoms with Crippen molar-refractivity contribution in [2.75, 3.05) is 21.3 Å². The Bertz CT molecular complexity index is 837. The van der Waals surface area contributed by atoms with Crippen LogP contribution in [0.2, 0.25) is 0 Å². The highest BCUT2D eigenvalue weighted by Crippen LogP contribution is 2.45. The summed E-state index contributed by atoms with van der Waals surface area (Å²) in [6.45, 7) is 7.57. The zero-order chi connectivity index (χ0) is 19.6. The number of aryl methyl sites for hydroxylation is 1. The molecule has 1 N–H and O–H groups in total. The predicted octanol–water partition coefficient (Wildman–Crippen LogP) is 4.39. The van der Waals surface area contributed by atoms with Gasteiger partial charge in [-0.25, -0.2) is 0 Å². The van der Waals surface area contributed by atoms with Gasteiger partial charge in [-0.15, -0.1) is 0 Å². The van der Waals surface area contributed by atoms with Gasteiger partial charge in [0.1, 0.15) is 11.5 Å². The first kappa shape index (κ1) is 19.6. The van der Waals surface area contributed by atoms with Crippen molar-refractivity contribution in [1.29, 1.82) is 0 Å². The van der Waals surface area contributed by atoms with Crippen molar-refractivity contribution in [3.05, 3.63) is 46.0 Å². The van der Waals surface area contributed by atoms with Crippen molar-refractivity contribution in [3.63, 3.8) is 0 Å². The molecule has 5 heteroatoms. The molecule has 2 aromatic rings. The van der Waals surface area contributed by atoms with Crippen LogP contribution in [0.15, 0.2) is 18.2 Å². The fourth-order valence-corrected chi connectivity index (χ4v) is 3.24. The summed E-state index contributed by atoms with van der Waals surface area (Å²) in [4.78, 5) is 13.4. The third-order valence-electron chi connectivity index (χ3n) is 4.56. The van der Waals surface area contributed by atoms with Crippen molar-refractivity contribution in [2.24, 2.45) is 0 Å². The molecule has 0 radical (unpaired) electrons. The fourth-order valence-electron chi connectivity index (χ4n) is 3.24. The molecular weight excluding hydrogens is 332 g/mol. The second-order valence-corrected chi connectivity index (χ2v) is 6.49. The van der Waals surface area contributed by atoms with Gasteiger partial charge in [-0.3, -0.25) is 4.79 Å². The molecule has 2 aromatic carbocycles. The molecule has 0 aliphatic carbocycles. The summed E-state index contributed by atoms with van der Waals surface area (Å²) >= 11 is 0. The smallest absolute Gasteiger partial charge is 0.197 e. The Morgan fingerprint density at radius 3 is 2.12 bits per heavy atom. The molecule has 0 fully saturated rings. The average molecular weight is 358 g/mol. The lowest BCUT2D eigenvalue weighted by atomic mass is 9.90. The highest BCUT2D eigenvalue weighted by atomic mass is 16.5. The van der Waals surface area contributed by atoms with E-state index in [0.29, 0.717) is 33.9 Å². The number of hydrogen-bond donors (Lipinski definition) is 1. The number of aromatic hydroxyl groups is 1. The van der Waals surface area contributed by atoms with Crippen LogP contribution in [0.5, 0.6) is 23.0 Å². The fraction of sp³-hybridized carbons (Fsp3) is 0.381. The average Bonchev–Trinajstić information content (AvgIpc) is 2.62. The first-order chi connectivity index (χ1) is 12.3. The van der Waals surface area contributed by atoms with Gasteiger partial charge in [0.2, 0.25) is 0 Å². The van der Waals surface area contributed by atoms with Crippen LogP contribution in [0.25, 0.3) is 0 Å². The van der Waals surface area contributed by atoms with Gasteiger partial charge in [-0.2, -0.15) is 0 Å². The Labute approximate surface area is 154 Å². The third-order valence-corrected chi connectivity index (χ3v) is 4.56. The number of hydrogen-bond acceptors (Lipinski definition) is 5. The maximum atomic E-state index is 13.4. The minimum atomic E-state index is -0.226. The van der Waals surface area contributed by atoms with E-state index in [1.807, 2.05) is 20.8 Å². The predicted molar refractivity (Wildman–Crippen MR) is 101 cm³/mol. The molecule has 0 bridgehead atoms. The second kappa shape index (κ2) is 7.68. The molecule has 0 saturated carbocycles. The van der Waals surface area contributed by atoms with Gasteiger partial charge in [-0.1, -0.05) is 19.9 Å². The van der Waals surface area contributed by atoms with E-state index in [0.717, 1.165) is 11.1 Å². The van der Waals surface area contributed by atoms with E-state index in [4.69, 9.17) is 14.2 Å². The van der Waals surface area contributed by atoms with E-state index in [9.17, 15) is 9.90 Å². The number of benzene rings is 2. The molecule has 140 valence electrons. The molecule has 0 aliphatic heterocycles. The van der Waals surface area contributed by atoms with Crippen molar-refractivity contribution < 1.29 is 24.1 Å². The van der Waals surface area contributed by atoms with Crippen LogP contribution in [0, 0.1) is 13.8 Å². The summed E-state index contributed by atoms with van der Waals surface area (Å²) in [7, 11) is 4.63. The highest BCUT2D eigenvalue weighted by molar-refractivity contribution is 6.13. The van der Waals surface area contributed by atoms with Crippen LogP contribution in [0.3, 0.4) is 0 Å². The van der Waals surface area contributed by atoms with Crippen molar-refractivity contribution in [1.82, 2.24) is 0 Å². The Kier molecular flexibility index (Phi) is 5.80. The van der Waals surface area contributed by atoms with Crippen LogP contribution in [0.1, 0.15) is 52.4 Å². The first-order valence-electron chi connectivity index (χ1n) is 8.45. The number of ether oxygens (including phenoxy) is 3. The van der Waals surface area contributed by atoms with Gasteiger partial charge in [-0.05, 0) is 37.5 Å². The van der Waals surface area contributed by atoms with Crippen molar-refractivity contribution in [2.45, 2.75) is 33.6 Å². The Morgan fingerprint density at radius 2 is 1.62 bits per heavy atom. The topological polar surface area (TPSA) is 65.0 Å². The van der Waals surface area contributed by atoms with E-state index < -0.39 is 0 Å². The summed E-state index contributed by atoms with van der Waals surface area (Å²) in [6.07, 6.45) is 0. The number of phenols is 1. The Hall–Kier alpha value is -2.69. The van der Waals surface area contributed by atoms with Crippen molar-refractivity contribution >= 4 is 5.78 Å². The molecule has 0 atom stereocenters. The number of methoxy groups -OCH3 is 3. The summed E-state index contributed by atoms with van der Waals surface area (Å²) < 4.78 is 16.6. The molecule has 0 spiro atoms. The minimum absolute atomic E-state index is 0.0490. The van der Waals surface area contributed by atoms with Crippen LogP contribution in [-0.2, 0) is 0 Å². The largest absolute Gasteiger partial charge is 0.508 e. The molecule has 2 rings (SSSR count). The molecule has 0 saturated heterocycles. The lowest BCUT2D eigenvalue weighted by Gasteiger charge is -2.22. The lowest BCUT2D eigenvalue weighted by Crippen LogP contribution is -2.12. The van der Waals surface area contributed by atoms with Gasteiger partial charge in [0.25, 0.3) is 0 Å². The quantitative estimate of drug-likeness (QED) is 0.776. The normalized spacial score (nSPS) is 10.8. The van der Waals surface area contributed by atoms with E-state index in [1.54, 1.807) is 32.2 Å². The van der Waals surface area contributed by atoms with E-state index in [1.165, 1.54) is 14.2 Å². The third kappa shape index (κ3) is 3.21. The molecular formula is C21H26O5. The number of rotatable bonds is 6. The van der Waals surface area contributed by atoms with E-state index in [2.05, 4.69) is 0 Å². The van der Waals surface area contributed by atoms with Crippen LogP contribution in [-0.4, -0.2) is 32.2 Å². The number of carbonyl (C=O) groups is 1. The lowest BCUT2D eigenvalue weighted by molar-refractivity contribution is 0.103. The zero-order valence-corrected chi connectivity index (χ0v) is 16.4. The molecule has 0 aliphatic rings. The molecule has 0 aromatic heterocycles. The summed E-state index contributed by atoms with van der Waals surface area (Å²) in [5.41, 5.74) is 2.94. The van der Waals surface area contributed by atoms with Gasteiger partial charge in [0.05, 0.1) is 26.9 Å². The summed E-state index contributed by atoms with van der Waals surface area (Å²) in [5.74, 6) is 1.40. The zero-order valence-electron chi connectivity index (χ0n) is 16.4. The van der Waals surface area contributed by atoms with Crippen LogP contribution >= 0.6 is 0 Å². The summed E-state index contributed by atoms with van der Waals surface area (Å²) in [5, 5.41) is 10.0. The second-order valence-electron chi connectivity index (χ2n) is 6.49. The maximum absolute atomic E-state index is 13.4. The SMILES string of the molecule is COc1cc(C(=O)c2c(C)ccc(O)c2C)c(OC)c(C(C)C)c1OC. The molecule has 0 unspecified atom stereocenters. The summed E-state index contributed by atoms with van der Waals surface area (Å²) in [6, 6.07) is 4.95. The Balaban J connectivity index is 2.84. The van der Waals surface area contributed by atoms with E-state index in [-0.39, 0.29) is 17.5 Å². The van der Waals surface area contributed by atoms with Crippen LogP contribution < -0.4 is 14.2 Å². The maximum Gasteiger partial charge on any atom is 0.197 e. The highest BCUT2D eigenvalue weighted by Gasteiger charge is 2.28. The van der Waals surface area contributed by atoms with Gasteiger partial charge in [0, 0.05) is 16.7 Å². The van der Waals surface area contributed by atoms with Gasteiger partial charge in [0.15, 0.2) is 17.3 Å². The van der Waals surface area contributed by atoms with E-state index >= 15 is 0 Å². The van der Waals surface area contributed by atoms with Crippen molar-refractivity contribution in [3.8, 4) is 23.0 Å². The van der Waals surface area contributed by atoms with Gasteiger partial charge < -0.3 is 19.3 Å². The minimum Gasteiger partial charge on any atom is -0.508 e. The Morgan fingerprint density at radius 1 is 1.00 bits per heavy atom. The monoisotopic (exact) mass is 358 g/mol. The standard InChI is InChI=1S/C21H26O5/c1-11(2)17-20(25-6)14(10-16(24-5)21(17)26-7)19(23)18-12(3)8-9-15(22)13(18)4/h8-11,22H,1-7H3. The molecule has 0 amide bonds. The number of phenolic OH excluding ortho intramolecular Hbond substituents is 1. The molecule has 5 nitrogen and oxygen atoms in total. The number of ketones is 1. The number of carbonyl (C=O) groups excluding carboxylic acids is 1. The van der Waals surface area contributed by atoms with Crippen LogP contribution in [0.4, 0.5) is 0 Å². The molecule has 26 heavy (non-hydrogen) atoms. The first-order valence-corrected chi connectivity index (χ1v) is 8.45. The van der Waals surface area contributed by atoms with Gasteiger partial charge >= 0.3 is 0 Å². The molecule has 0 heterocycles.